The number of ether oxygens (including phenoxy) is 11. The maximum Gasteiger partial charge on any atom is 0.412 e. The molecule has 44 heteroatoms. The first-order valence-electron chi connectivity index (χ1n) is 52.2. The third-order valence-corrected chi connectivity index (χ3v) is 35.9. The molecule has 11 fully saturated rings. The summed E-state index contributed by atoms with van der Waals surface area (Å²) in [4.78, 5) is 70.0. The Balaban J connectivity index is 0.000000202. The average Bonchev–Trinajstić information content (AvgIpc) is 1.66. The first-order chi connectivity index (χ1) is 70.8. The fraction of sp³-hybridized carbons (Fsp3) is 0.660. The van der Waals surface area contributed by atoms with Crippen molar-refractivity contribution in [2.75, 3.05) is 158 Å². The van der Waals surface area contributed by atoms with Gasteiger partial charge in [0.15, 0.2) is 97.2 Å². The first kappa shape index (κ1) is 125. The van der Waals surface area contributed by atoms with Crippen molar-refractivity contribution < 1.29 is 150 Å². The molecule has 5 aromatic rings. The van der Waals surface area contributed by atoms with Crippen LogP contribution in [-0.4, -0.2) is 251 Å². The number of sulfone groups is 4. The van der Waals surface area contributed by atoms with Crippen LogP contribution < -0.4 is 34.7 Å². The van der Waals surface area contributed by atoms with Gasteiger partial charge in [-0.3, -0.25) is 34.3 Å². The Hall–Kier alpha value is -8.46. The molecule has 1 saturated heterocycles. The first-order valence-corrected chi connectivity index (χ1v) is 61.9. The molecule has 16 rings (SSSR count). The number of nitrogens with zero attached hydrogens (tertiary/aromatic N) is 2. The van der Waals surface area contributed by atoms with Crippen LogP contribution in [0, 0.1) is 58.7 Å². The van der Waals surface area contributed by atoms with Crippen LogP contribution in [0.5, 0.6) is 28.7 Å². The molecule has 1 aliphatic heterocycles. The maximum atomic E-state index is 14.2. The summed E-state index contributed by atoms with van der Waals surface area (Å²) in [5, 5.41) is 11.0. The van der Waals surface area contributed by atoms with Gasteiger partial charge in [0, 0.05) is 57.7 Å². The minimum absolute atomic E-state index is 0. The lowest BCUT2D eigenvalue weighted by molar-refractivity contribution is -0.149. The highest BCUT2D eigenvalue weighted by atomic mass is 35.7. The molecule has 5 aromatic carbocycles. The standard InChI is InChI=1S/C25H36FNO8S.C21H27FN2O6S.C18H25FO3S.C17H23FO4S.C13H16FNO.C8H14O4.C4H9ClO2S.ClH/c1-3-33-23(28)15-27(24(29)34-4-2)18-32-12-5-13-36(30,31)17-25(10-11-25)20-8-9-21(26)22(14-20)35-16-19-6-7-19;22-17-5-4-16(10-18(17)30-12-15-2-3-15)21(6-7-21)13-31(27,28)9-1-8-29-14-24-11-19(25)23-20(24)26;1-2-3-10-23(20,21)13-18(8-9-18)15-6-7-16(19)17(11-15)22-12-14-4-5-14;18-15-5-4-14(10-16(15)22-11-13-2-3-13)17(6-7-17)12-23(20,21)9-1-8-19;14-11-4-3-10(13(15)5-6-13)7-12(11)16-8-9-1-2-9;1-3-11-7(9)5-6-8(10)12-4-2;1-2-3-4-8(5,6)7;/h8-9,14,19H,3-7,10-13,15-18H2,1-2H3;4-5,10,15H,1-3,6-9,11-14H2,(H,23,25,26);6-7,11,14H,2-5,8-10,12-13H2,1H3;4-5,10,13,19H,1-3,6-9,11-12H2;3-4,7,9H,1-2,5-6,8,15H2;3-6H2,1-2H3;2-4H2,1H3;1H. The van der Waals surface area contributed by atoms with Gasteiger partial charge in [-0.15, -0.1) is 12.4 Å². The number of aliphatic hydroxyl groups excluding tert-OH is 1. The summed E-state index contributed by atoms with van der Waals surface area (Å²) in [6, 6.07) is 23.4. The van der Waals surface area contributed by atoms with Gasteiger partial charge >= 0.3 is 30.0 Å². The minimum atomic E-state index is -3.41. The Labute approximate surface area is 891 Å². The van der Waals surface area contributed by atoms with Crippen LogP contribution in [0.3, 0.4) is 0 Å². The number of aliphatic hydroxyl groups is 1. The van der Waals surface area contributed by atoms with Gasteiger partial charge in [0.2, 0.25) is 15.0 Å². The molecule has 4 amide bonds. The van der Waals surface area contributed by atoms with Crippen LogP contribution in [0.2, 0.25) is 0 Å². The molecule has 4 N–H and O–H groups in total. The van der Waals surface area contributed by atoms with E-state index in [1.165, 1.54) is 48.1 Å². The van der Waals surface area contributed by atoms with E-state index in [-0.39, 0.29) is 213 Å². The van der Waals surface area contributed by atoms with E-state index in [9.17, 15) is 92.8 Å². The van der Waals surface area contributed by atoms with Crippen molar-refractivity contribution in [2.24, 2.45) is 35.3 Å². The van der Waals surface area contributed by atoms with Crippen LogP contribution in [0.4, 0.5) is 31.5 Å². The number of hydrogen-bond acceptors (Lipinski definition) is 29. The van der Waals surface area contributed by atoms with Crippen molar-refractivity contribution in [1.29, 1.82) is 0 Å². The zero-order valence-electron chi connectivity index (χ0n) is 86.9. The van der Waals surface area contributed by atoms with Crippen LogP contribution in [-0.2, 0) is 123 Å². The molecule has 10 aliphatic carbocycles. The summed E-state index contributed by atoms with van der Waals surface area (Å²) < 4.78 is 247. The van der Waals surface area contributed by atoms with Crippen LogP contribution in [0.1, 0.15) is 256 Å². The molecular weight excluding hydrogens is 2100 g/mol. The number of unbranched alkanes of at least 4 members (excludes halogenated alkanes) is 2. The summed E-state index contributed by atoms with van der Waals surface area (Å²) in [6.45, 7) is 13.9. The van der Waals surface area contributed by atoms with Crippen LogP contribution in [0.15, 0.2) is 91.0 Å². The second-order valence-electron chi connectivity index (χ2n) is 40.8. The van der Waals surface area contributed by atoms with Gasteiger partial charge in [-0.2, -0.15) is 0 Å². The monoisotopic (exact) mass is 2250 g/mol. The fourth-order valence-corrected chi connectivity index (χ4v) is 25.4. The normalized spacial score (nSPS) is 17.8. The third-order valence-electron chi connectivity index (χ3n) is 27.0. The topological polar surface area (TPSA) is 439 Å². The molecule has 11 aliphatic rings. The van der Waals surface area contributed by atoms with E-state index in [1.54, 1.807) is 88.4 Å². The molecule has 32 nitrogen and oxygen atoms in total. The lowest BCUT2D eigenvalue weighted by Gasteiger charge is -2.21. The number of benzene rings is 5. The van der Waals surface area contributed by atoms with Crippen molar-refractivity contribution in [2.45, 2.75) is 255 Å². The molecule has 10 saturated carbocycles. The summed E-state index contributed by atoms with van der Waals surface area (Å²) in [5.41, 5.74) is 8.51. The largest absolute Gasteiger partial charge is 0.490 e. The molecule has 0 atom stereocenters. The van der Waals surface area contributed by atoms with Crippen molar-refractivity contribution in [3.05, 3.63) is 148 Å². The third kappa shape index (κ3) is 44.4. The Kier molecular flexibility index (Phi) is 48.6. The number of imide groups is 1. The number of nitrogens with two attached hydrogens (primary N) is 1. The van der Waals surface area contributed by atoms with Crippen molar-refractivity contribution in [3.8, 4) is 28.7 Å². The summed E-state index contributed by atoms with van der Waals surface area (Å²) in [6.07, 6.45) is 23.0. The molecule has 1 heterocycles. The highest BCUT2D eigenvalue weighted by molar-refractivity contribution is 8.13. The van der Waals surface area contributed by atoms with E-state index in [4.69, 9.17) is 64.2 Å². The quantitative estimate of drug-likeness (QED) is 0.00619. The van der Waals surface area contributed by atoms with Crippen molar-refractivity contribution in [1.82, 2.24) is 15.1 Å². The number of esters is 3. The van der Waals surface area contributed by atoms with E-state index < -0.39 is 100 Å². The highest BCUT2D eigenvalue weighted by Crippen LogP contribution is 2.55. The fourth-order valence-electron chi connectivity index (χ4n) is 16.3. The minimum Gasteiger partial charge on any atom is -0.490 e. The van der Waals surface area contributed by atoms with Crippen molar-refractivity contribution >= 4 is 107 Å². The van der Waals surface area contributed by atoms with Gasteiger partial charge < -0.3 is 62.9 Å². The van der Waals surface area contributed by atoms with Gasteiger partial charge in [0.25, 0.3) is 0 Å². The Morgan fingerprint density at radius 3 is 0.980 bits per heavy atom. The Morgan fingerprint density at radius 1 is 0.413 bits per heavy atom. The molecule has 0 spiro atoms. The number of amides is 4. The number of carbonyl (C=O) groups is 6. The van der Waals surface area contributed by atoms with E-state index in [0.29, 0.717) is 101 Å². The van der Waals surface area contributed by atoms with E-state index in [2.05, 4.69) is 14.8 Å². The Bertz CT molecular complexity index is 5720. The van der Waals surface area contributed by atoms with E-state index in [1.807, 2.05) is 13.8 Å². The lowest BCUT2D eigenvalue weighted by atomic mass is 9.98. The van der Waals surface area contributed by atoms with Crippen LogP contribution >= 0.6 is 23.1 Å². The highest BCUT2D eigenvalue weighted by Gasteiger charge is 2.52. The SMILES string of the molecule is CCCCS(=O)(=O)CC1(c2ccc(F)c(OCC3CC3)c2)CC1.CCCCS(=O)(=O)Cl.CCOC(=O)CCC(=O)OCC.CCOC(=O)CN(COCCCS(=O)(=O)CC1(c2ccc(F)c(OCC3CC3)c2)CC1)C(=O)OCC.Cl.NC1(c2ccc(F)c(OCC3CC3)c2)CC1.O=C1CN(COCCCS(=O)(=O)CC2(c3ccc(F)c(OCC4CC4)c3)CC2)C(=O)N1.O=S(=O)(CCCO)CC1(c2ccc(F)c(OCC3CC3)c2)CC1. The van der Waals surface area contributed by atoms with E-state index in [0.717, 1.165) is 161 Å². The zero-order chi connectivity index (χ0) is 108. The second kappa shape index (κ2) is 58.4. The summed E-state index contributed by atoms with van der Waals surface area (Å²) >= 11 is 0. The maximum absolute atomic E-state index is 14.2. The average molecular weight is 2260 g/mol. The summed E-state index contributed by atoms with van der Waals surface area (Å²) in [7, 11) is -11.4. The number of nitrogens with one attached hydrogen (secondary N) is 1. The molecule has 0 unspecified atom stereocenters. The zero-order valence-corrected chi connectivity index (χ0v) is 92.5. The smallest absolute Gasteiger partial charge is 0.412 e. The van der Waals surface area contributed by atoms with Crippen LogP contribution in [0.25, 0.3) is 0 Å². The predicted octanol–water partition coefficient (Wildman–Crippen LogP) is 17.0. The van der Waals surface area contributed by atoms with Gasteiger partial charge in [0.1, 0.15) is 26.6 Å². The van der Waals surface area contributed by atoms with Gasteiger partial charge in [-0.25, -0.2) is 73.6 Å². The van der Waals surface area contributed by atoms with Gasteiger partial charge in [0.05, 0.1) is 124 Å². The predicted molar refractivity (Wildman–Crippen MR) is 559 cm³/mol. The number of rotatable bonds is 58. The summed E-state index contributed by atoms with van der Waals surface area (Å²) in [5.74, 6) is 0.832. The lowest BCUT2D eigenvalue weighted by Crippen LogP contribution is -2.38. The molecule has 0 radical (unpaired) electrons. The van der Waals surface area contributed by atoms with Gasteiger partial charge in [-0.05, 0) is 306 Å². The number of urea groups is 1. The molecule has 0 bridgehead atoms. The second-order valence-corrected chi connectivity index (χ2v) is 52.4. The molecular formula is C106H151Cl2F5N4O28S5. The van der Waals surface area contributed by atoms with Crippen molar-refractivity contribution in [3.63, 3.8) is 0 Å². The van der Waals surface area contributed by atoms with Gasteiger partial charge in [-0.1, -0.05) is 57.0 Å². The number of hydrogen-bond donors (Lipinski definition) is 3. The molecule has 150 heavy (non-hydrogen) atoms. The Morgan fingerprint density at radius 2 is 0.707 bits per heavy atom. The van der Waals surface area contributed by atoms with E-state index >= 15 is 0 Å². The molecule has 0 aromatic heterocycles. The number of carbonyl (C=O) groups excluding carboxylic acids is 6. The molecule has 842 valence electrons. The number of halogens is 7.